The van der Waals surface area contributed by atoms with Crippen LogP contribution >= 0.6 is 11.6 Å². The molecular weight excluding hydrogens is 414 g/mol. The van der Waals surface area contributed by atoms with E-state index in [2.05, 4.69) is 10.3 Å². The number of carbonyl (C=O) groups is 2. The molecule has 4 rings (SSSR count). The molecule has 158 valence electrons. The lowest BCUT2D eigenvalue weighted by atomic mass is 10.1. The van der Waals surface area contributed by atoms with Crippen molar-refractivity contribution in [2.24, 2.45) is 0 Å². The smallest absolute Gasteiger partial charge is 0.260 e. The number of pyridine rings is 1. The molecule has 3 aromatic rings. The van der Waals surface area contributed by atoms with Crippen molar-refractivity contribution in [3.8, 4) is 5.75 Å². The molecule has 0 bridgehead atoms. The first-order valence-corrected chi connectivity index (χ1v) is 10.5. The Balaban J connectivity index is 1.51. The Morgan fingerprint density at radius 2 is 1.97 bits per heavy atom. The van der Waals surface area contributed by atoms with Gasteiger partial charge in [-0.15, -0.1) is 0 Å². The van der Waals surface area contributed by atoms with E-state index in [9.17, 15) is 9.59 Å². The molecule has 1 aliphatic heterocycles. The number of ether oxygens (including phenoxy) is 1. The molecule has 2 amide bonds. The number of hydrogen-bond donors (Lipinski definition) is 1. The van der Waals surface area contributed by atoms with Crippen molar-refractivity contribution < 1.29 is 14.3 Å². The molecule has 0 spiro atoms. The lowest BCUT2D eigenvalue weighted by Gasteiger charge is -2.24. The number of nitrogens with one attached hydrogen (secondary N) is 1. The standard InChI is InChI=1S/C24H22ClN3O3/c1-2-31-19-6-3-5-16(13-19)15-27-22(29)14-21-23-20(7-4-12-26-23)24(30)28(21)18-10-8-17(25)9-11-18/h3-13,21H,2,14-15H2,1H3,(H,27,29)/t21-/m0/s1. The summed E-state index contributed by atoms with van der Waals surface area (Å²) in [5.41, 5.74) is 2.74. The first-order chi connectivity index (χ1) is 15.1. The fourth-order valence-electron chi connectivity index (χ4n) is 3.70. The van der Waals surface area contributed by atoms with Crippen LogP contribution in [-0.4, -0.2) is 23.4 Å². The van der Waals surface area contributed by atoms with Gasteiger partial charge in [0.05, 0.1) is 30.3 Å². The SMILES string of the molecule is CCOc1cccc(CNC(=O)C[C@H]2c3ncccc3C(=O)N2c2ccc(Cl)cc2)c1. The summed E-state index contributed by atoms with van der Waals surface area (Å²) in [6.07, 6.45) is 1.74. The molecule has 6 nitrogen and oxygen atoms in total. The molecule has 31 heavy (non-hydrogen) atoms. The number of carbonyl (C=O) groups excluding carboxylic acids is 2. The minimum Gasteiger partial charge on any atom is -0.494 e. The maximum absolute atomic E-state index is 13.1. The summed E-state index contributed by atoms with van der Waals surface area (Å²) in [6.45, 7) is 2.88. The van der Waals surface area contributed by atoms with E-state index in [1.807, 2.05) is 31.2 Å². The van der Waals surface area contributed by atoms with Gasteiger partial charge in [0.1, 0.15) is 5.75 Å². The molecule has 0 aliphatic carbocycles. The van der Waals surface area contributed by atoms with Gasteiger partial charge in [-0.2, -0.15) is 0 Å². The van der Waals surface area contributed by atoms with Gasteiger partial charge in [-0.3, -0.25) is 19.5 Å². The molecule has 1 N–H and O–H groups in total. The van der Waals surface area contributed by atoms with Crippen molar-refractivity contribution >= 4 is 29.1 Å². The molecule has 0 saturated carbocycles. The van der Waals surface area contributed by atoms with E-state index in [1.54, 1.807) is 47.5 Å². The second-order valence-electron chi connectivity index (χ2n) is 7.16. The van der Waals surface area contributed by atoms with E-state index in [4.69, 9.17) is 16.3 Å². The van der Waals surface area contributed by atoms with Gasteiger partial charge in [0.2, 0.25) is 5.91 Å². The van der Waals surface area contributed by atoms with Gasteiger partial charge in [0, 0.05) is 23.5 Å². The van der Waals surface area contributed by atoms with Crippen LogP contribution in [0.15, 0.2) is 66.9 Å². The minimum atomic E-state index is -0.486. The topological polar surface area (TPSA) is 71.5 Å². The molecule has 0 radical (unpaired) electrons. The van der Waals surface area contributed by atoms with Crippen molar-refractivity contribution in [3.05, 3.63) is 88.7 Å². The van der Waals surface area contributed by atoms with Crippen LogP contribution in [0, 0.1) is 0 Å². The van der Waals surface area contributed by atoms with Crippen molar-refractivity contribution in [1.82, 2.24) is 10.3 Å². The maximum Gasteiger partial charge on any atom is 0.260 e. The van der Waals surface area contributed by atoms with Crippen LogP contribution < -0.4 is 15.0 Å². The van der Waals surface area contributed by atoms with Crippen LogP contribution in [0.25, 0.3) is 0 Å². The van der Waals surface area contributed by atoms with Gasteiger partial charge in [-0.1, -0.05) is 23.7 Å². The van der Waals surface area contributed by atoms with Gasteiger partial charge in [0.25, 0.3) is 5.91 Å². The molecule has 1 atom stereocenters. The largest absolute Gasteiger partial charge is 0.494 e. The zero-order valence-corrected chi connectivity index (χ0v) is 17.8. The number of aromatic nitrogens is 1. The van der Waals surface area contributed by atoms with Crippen LogP contribution in [0.4, 0.5) is 5.69 Å². The lowest BCUT2D eigenvalue weighted by molar-refractivity contribution is -0.121. The molecule has 0 unspecified atom stereocenters. The zero-order valence-electron chi connectivity index (χ0n) is 17.0. The second-order valence-corrected chi connectivity index (χ2v) is 7.60. The summed E-state index contributed by atoms with van der Waals surface area (Å²) in [5, 5.41) is 3.52. The van der Waals surface area contributed by atoms with E-state index < -0.39 is 6.04 Å². The van der Waals surface area contributed by atoms with Gasteiger partial charge < -0.3 is 10.1 Å². The first kappa shape index (κ1) is 20.9. The van der Waals surface area contributed by atoms with Crippen molar-refractivity contribution in [1.29, 1.82) is 0 Å². The highest BCUT2D eigenvalue weighted by atomic mass is 35.5. The molecule has 1 aliphatic rings. The molecule has 0 saturated heterocycles. The fourth-order valence-corrected chi connectivity index (χ4v) is 3.83. The second kappa shape index (κ2) is 9.18. The molecule has 1 aromatic heterocycles. The normalized spacial score (nSPS) is 15.0. The van der Waals surface area contributed by atoms with E-state index in [0.717, 1.165) is 11.3 Å². The summed E-state index contributed by atoms with van der Waals surface area (Å²) in [5.74, 6) is 0.424. The molecule has 7 heteroatoms. The van der Waals surface area contributed by atoms with Crippen LogP contribution in [-0.2, 0) is 11.3 Å². The third-order valence-electron chi connectivity index (χ3n) is 5.10. The Kier molecular flexibility index (Phi) is 6.18. The summed E-state index contributed by atoms with van der Waals surface area (Å²) >= 11 is 6.01. The Bertz CT molecular complexity index is 1100. The van der Waals surface area contributed by atoms with E-state index in [1.165, 1.54) is 0 Å². The van der Waals surface area contributed by atoms with Gasteiger partial charge in [-0.25, -0.2) is 0 Å². The summed E-state index contributed by atoms with van der Waals surface area (Å²) in [6, 6.07) is 17.6. The van der Waals surface area contributed by atoms with Crippen LogP contribution in [0.5, 0.6) is 5.75 Å². The van der Waals surface area contributed by atoms with Crippen molar-refractivity contribution in [3.63, 3.8) is 0 Å². The number of nitrogens with zero attached hydrogens (tertiary/aromatic N) is 2. The zero-order chi connectivity index (χ0) is 21.8. The number of anilines is 1. The molecule has 2 heterocycles. The first-order valence-electron chi connectivity index (χ1n) is 10.1. The third kappa shape index (κ3) is 4.54. The number of hydrogen-bond acceptors (Lipinski definition) is 4. The molecule has 2 aromatic carbocycles. The Labute approximate surface area is 185 Å². The predicted molar refractivity (Wildman–Crippen MR) is 119 cm³/mol. The van der Waals surface area contributed by atoms with Crippen molar-refractivity contribution in [2.45, 2.75) is 25.9 Å². The van der Waals surface area contributed by atoms with Gasteiger partial charge >= 0.3 is 0 Å². The number of halogens is 1. The Morgan fingerprint density at radius 1 is 1.16 bits per heavy atom. The van der Waals surface area contributed by atoms with Crippen LogP contribution in [0.2, 0.25) is 5.02 Å². The highest BCUT2D eigenvalue weighted by molar-refractivity contribution is 6.30. The average molecular weight is 436 g/mol. The molecular formula is C24H22ClN3O3. The molecule has 0 fully saturated rings. The minimum absolute atomic E-state index is 0.101. The summed E-state index contributed by atoms with van der Waals surface area (Å²) in [7, 11) is 0. The monoisotopic (exact) mass is 435 g/mol. The fraction of sp³-hybridized carbons (Fsp3) is 0.208. The van der Waals surface area contributed by atoms with E-state index >= 15 is 0 Å². The quantitative estimate of drug-likeness (QED) is 0.591. The summed E-state index contributed by atoms with van der Waals surface area (Å²) < 4.78 is 5.51. The number of benzene rings is 2. The Hall–Kier alpha value is -3.38. The highest BCUT2D eigenvalue weighted by Gasteiger charge is 2.39. The number of fused-ring (bicyclic) bond motifs is 1. The van der Waals surface area contributed by atoms with Gasteiger partial charge in [-0.05, 0) is 61.0 Å². The third-order valence-corrected chi connectivity index (χ3v) is 5.35. The average Bonchev–Trinajstić information content (AvgIpc) is 3.05. The number of rotatable bonds is 7. The van der Waals surface area contributed by atoms with E-state index in [-0.39, 0.29) is 18.2 Å². The van der Waals surface area contributed by atoms with Crippen LogP contribution in [0.3, 0.4) is 0 Å². The maximum atomic E-state index is 13.1. The Morgan fingerprint density at radius 3 is 2.74 bits per heavy atom. The number of amides is 2. The highest BCUT2D eigenvalue weighted by Crippen LogP contribution is 2.38. The lowest BCUT2D eigenvalue weighted by Crippen LogP contribution is -2.32. The summed E-state index contributed by atoms with van der Waals surface area (Å²) in [4.78, 5) is 31.9. The predicted octanol–water partition coefficient (Wildman–Crippen LogP) is 4.54. The van der Waals surface area contributed by atoms with Crippen molar-refractivity contribution in [2.75, 3.05) is 11.5 Å². The van der Waals surface area contributed by atoms with E-state index in [0.29, 0.717) is 35.1 Å². The van der Waals surface area contributed by atoms with Gasteiger partial charge in [0.15, 0.2) is 0 Å². The van der Waals surface area contributed by atoms with Crippen LogP contribution in [0.1, 0.15) is 41.0 Å².